The van der Waals surface area contributed by atoms with E-state index < -0.39 is 0 Å². The minimum atomic E-state index is 0.594. The maximum absolute atomic E-state index is 2.57. The summed E-state index contributed by atoms with van der Waals surface area (Å²) in [6.45, 7) is 17.0. The molecule has 0 nitrogen and oxygen atoms in total. The molecule has 120 valence electrons. The summed E-state index contributed by atoms with van der Waals surface area (Å²) in [6.07, 6.45) is 10.2. The third-order valence-corrected chi connectivity index (χ3v) is 6.43. The van der Waals surface area contributed by atoms with E-state index in [1.807, 2.05) is 0 Å². The highest BCUT2D eigenvalue weighted by Crippen LogP contribution is 2.59. The van der Waals surface area contributed by atoms with Gasteiger partial charge in [0.15, 0.2) is 0 Å². The van der Waals surface area contributed by atoms with Crippen LogP contribution >= 0.6 is 0 Å². The van der Waals surface area contributed by atoms with Crippen LogP contribution in [0.25, 0.3) is 0 Å². The molecule has 0 aromatic heterocycles. The van der Waals surface area contributed by atoms with E-state index >= 15 is 0 Å². The van der Waals surface area contributed by atoms with E-state index in [-0.39, 0.29) is 0 Å². The molecule has 1 rings (SSSR count). The van der Waals surface area contributed by atoms with Crippen molar-refractivity contribution < 1.29 is 0 Å². The topological polar surface area (TPSA) is 0 Å². The largest absolute Gasteiger partial charge is 0.0648 e. The van der Waals surface area contributed by atoms with Crippen LogP contribution in [0.1, 0.15) is 93.4 Å². The van der Waals surface area contributed by atoms with Crippen LogP contribution in [0.3, 0.4) is 0 Å². The summed E-state index contributed by atoms with van der Waals surface area (Å²) in [5.41, 5.74) is 0.594. The predicted molar refractivity (Wildman–Crippen MR) is 91.9 cm³/mol. The standard InChI is InChI=1S/C20H40/c1-8-20(7,17(6)16(4)5)19-14-18(19)13-11-9-10-12-15(2)3/h15-19H,8-14H2,1-7H3. The van der Waals surface area contributed by atoms with Gasteiger partial charge in [-0.05, 0) is 41.4 Å². The Kier molecular flexibility index (Phi) is 7.09. The Bertz CT molecular complexity index is 265. The molecule has 0 heteroatoms. The second-order valence-electron chi connectivity index (χ2n) is 8.53. The van der Waals surface area contributed by atoms with Gasteiger partial charge in [-0.1, -0.05) is 87.0 Å². The monoisotopic (exact) mass is 280 g/mol. The lowest BCUT2D eigenvalue weighted by Crippen LogP contribution is -2.31. The molecule has 1 saturated carbocycles. The van der Waals surface area contributed by atoms with Crippen LogP contribution < -0.4 is 0 Å². The normalized spacial score (nSPS) is 26.9. The second-order valence-corrected chi connectivity index (χ2v) is 8.53. The summed E-state index contributed by atoms with van der Waals surface area (Å²) in [4.78, 5) is 0. The molecular weight excluding hydrogens is 240 g/mol. The van der Waals surface area contributed by atoms with Gasteiger partial charge in [0.2, 0.25) is 0 Å². The van der Waals surface area contributed by atoms with Crippen LogP contribution in [0.15, 0.2) is 0 Å². The highest BCUT2D eigenvalue weighted by molar-refractivity contribution is 5.00. The first-order valence-corrected chi connectivity index (χ1v) is 9.32. The zero-order valence-electron chi connectivity index (χ0n) is 15.3. The molecule has 4 atom stereocenters. The van der Waals surface area contributed by atoms with Gasteiger partial charge in [0.25, 0.3) is 0 Å². The zero-order chi connectivity index (χ0) is 15.3. The van der Waals surface area contributed by atoms with Crippen molar-refractivity contribution in [2.45, 2.75) is 93.4 Å². The molecule has 1 aliphatic carbocycles. The molecule has 20 heavy (non-hydrogen) atoms. The second kappa shape index (κ2) is 7.85. The molecule has 0 spiro atoms. The number of unbranched alkanes of at least 4 members (excludes halogenated alkanes) is 2. The summed E-state index contributed by atoms with van der Waals surface area (Å²) < 4.78 is 0. The molecule has 0 aromatic carbocycles. The molecule has 0 radical (unpaired) electrons. The third-order valence-electron chi connectivity index (χ3n) is 6.43. The van der Waals surface area contributed by atoms with Gasteiger partial charge < -0.3 is 0 Å². The lowest BCUT2D eigenvalue weighted by atomic mass is 9.67. The Morgan fingerprint density at radius 2 is 1.65 bits per heavy atom. The lowest BCUT2D eigenvalue weighted by Gasteiger charge is -2.38. The van der Waals surface area contributed by atoms with E-state index in [0.717, 1.165) is 29.6 Å². The lowest BCUT2D eigenvalue weighted by molar-refractivity contribution is 0.106. The van der Waals surface area contributed by atoms with E-state index in [0.29, 0.717) is 5.41 Å². The van der Waals surface area contributed by atoms with Gasteiger partial charge in [-0.25, -0.2) is 0 Å². The Morgan fingerprint density at radius 3 is 2.15 bits per heavy atom. The van der Waals surface area contributed by atoms with Crippen LogP contribution in [0, 0.1) is 35.0 Å². The van der Waals surface area contributed by atoms with Gasteiger partial charge in [-0.3, -0.25) is 0 Å². The summed E-state index contributed by atoms with van der Waals surface area (Å²) in [5.74, 6) is 4.66. The average molecular weight is 281 g/mol. The fourth-order valence-corrected chi connectivity index (χ4v) is 4.19. The van der Waals surface area contributed by atoms with E-state index in [4.69, 9.17) is 0 Å². The molecule has 0 aliphatic heterocycles. The third kappa shape index (κ3) is 4.78. The quantitative estimate of drug-likeness (QED) is 0.380. The maximum Gasteiger partial charge on any atom is -0.0269 e. The zero-order valence-corrected chi connectivity index (χ0v) is 15.3. The molecule has 4 unspecified atom stereocenters. The first-order valence-electron chi connectivity index (χ1n) is 9.32. The Hall–Kier alpha value is 0. The fraction of sp³-hybridized carbons (Fsp3) is 1.00. The number of rotatable bonds is 10. The Morgan fingerprint density at radius 1 is 1.00 bits per heavy atom. The van der Waals surface area contributed by atoms with Crippen LogP contribution in [0.2, 0.25) is 0 Å². The Balaban J connectivity index is 2.30. The Labute approximate surface area is 129 Å². The summed E-state index contributed by atoms with van der Waals surface area (Å²) >= 11 is 0. The molecule has 0 N–H and O–H groups in total. The van der Waals surface area contributed by atoms with E-state index in [1.165, 1.54) is 44.9 Å². The van der Waals surface area contributed by atoms with Crippen LogP contribution in [0.4, 0.5) is 0 Å². The highest BCUT2D eigenvalue weighted by atomic mass is 14.6. The first-order chi connectivity index (χ1) is 9.32. The predicted octanol–water partition coefficient (Wildman–Crippen LogP) is 6.94. The van der Waals surface area contributed by atoms with Gasteiger partial charge in [-0.15, -0.1) is 0 Å². The van der Waals surface area contributed by atoms with Crippen LogP contribution in [0.5, 0.6) is 0 Å². The average Bonchev–Trinajstić information content (AvgIpc) is 3.16. The molecule has 1 fully saturated rings. The van der Waals surface area contributed by atoms with Crippen LogP contribution in [-0.4, -0.2) is 0 Å². The number of hydrogen-bond acceptors (Lipinski definition) is 0. The van der Waals surface area contributed by atoms with Crippen molar-refractivity contribution in [3.8, 4) is 0 Å². The molecule has 0 aromatic rings. The van der Waals surface area contributed by atoms with E-state index in [9.17, 15) is 0 Å². The van der Waals surface area contributed by atoms with Gasteiger partial charge in [-0.2, -0.15) is 0 Å². The van der Waals surface area contributed by atoms with E-state index in [2.05, 4.69) is 48.5 Å². The van der Waals surface area contributed by atoms with Crippen LogP contribution in [-0.2, 0) is 0 Å². The summed E-state index contributed by atoms with van der Waals surface area (Å²) in [7, 11) is 0. The van der Waals surface area contributed by atoms with Gasteiger partial charge >= 0.3 is 0 Å². The van der Waals surface area contributed by atoms with Gasteiger partial charge in [0.05, 0.1) is 0 Å². The van der Waals surface area contributed by atoms with Crippen molar-refractivity contribution in [2.75, 3.05) is 0 Å². The summed E-state index contributed by atoms with van der Waals surface area (Å²) in [6, 6.07) is 0. The number of hydrogen-bond donors (Lipinski definition) is 0. The fourth-order valence-electron chi connectivity index (χ4n) is 4.19. The minimum Gasteiger partial charge on any atom is -0.0648 e. The minimum absolute atomic E-state index is 0.594. The van der Waals surface area contributed by atoms with Gasteiger partial charge in [0, 0.05) is 0 Å². The van der Waals surface area contributed by atoms with Crippen molar-refractivity contribution >= 4 is 0 Å². The first kappa shape index (κ1) is 18.1. The highest BCUT2D eigenvalue weighted by Gasteiger charge is 2.50. The van der Waals surface area contributed by atoms with Crippen molar-refractivity contribution in [3.05, 3.63) is 0 Å². The van der Waals surface area contributed by atoms with E-state index in [1.54, 1.807) is 0 Å². The SMILES string of the molecule is CCC(C)(C(C)C(C)C)C1CC1CCCCCC(C)C. The van der Waals surface area contributed by atoms with Crippen molar-refractivity contribution in [3.63, 3.8) is 0 Å². The van der Waals surface area contributed by atoms with Crippen molar-refractivity contribution in [1.29, 1.82) is 0 Å². The molecule has 0 bridgehead atoms. The smallest absolute Gasteiger partial charge is 0.0269 e. The molecule has 0 amide bonds. The van der Waals surface area contributed by atoms with Crippen molar-refractivity contribution in [2.24, 2.45) is 35.0 Å². The van der Waals surface area contributed by atoms with Crippen molar-refractivity contribution in [1.82, 2.24) is 0 Å². The summed E-state index contributed by atoms with van der Waals surface area (Å²) in [5, 5.41) is 0. The molecule has 0 heterocycles. The maximum atomic E-state index is 2.57. The molecule has 1 aliphatic rings. The van der Waals surface area contributed by atoms with Gasteiger partial charge in [0.1, 0.15) is 0 Å². The molecular formula is C20H40. The molecule has 0 saturated heterocycles.